The van der Waals surface area contributed by atoms with Crippen molar-refractivity contribution >= 4 is 50.5 Å². The Morgan fingerprint density at radius 2 is 1.84 bits per heavy atom. The third kappa shape index (κ3) is 4.21. The molecule has 0 saturated carbocycles. The highest BCUT2D eigenvalue weighted by Crippen LogP contribution is 2.37. The molecule has 2 aromatic carbocycles. The number of Topliss-reactive ketones (excluding diaryl/α,β-unsaturated/α-hetero) is 1. The molecule has 0 spiro atoms. The number of anilines is 1. The number of nitrogens with one attached hydrogen (secondary N) is 3. The van der Waals surface area contributed by atoms with Crippen molar-refractivity contribution in [3.63, 3.8) is 0 Å². The number of hydrogen-bond donors (Lipinski definition) is 3. The van der Waals surface area contributed by atoms with Gasteiger partial charge in [0.05, 0.1) is 28.0 Å². The van der Waals surface area contributed by atoms with Crippen molar-refractivity contribution in [2.75, 3.05) is 5.32 Å². The summed E-state index contributed by atoms with van der Waals surface area (Å²) in [4.78, 5) is 33.3. The van der Waals surface area contributed by atoms with Crippen LogP contribution in [0.15, 0.2) is 73.1 Å². The number of nitrogens with zero attached hydrogens (tertiary/aromatic N) is 2. The number of carbonyl (C=O) groups excluding carboxylic acids is 2. The van der Waals surface area contributed by atoms with E-state index in [9.17, 15) is 9.59 Å². The van der Waals surface area contributed by atoms with Crippen molar-refractivity contribution in [1.82, 2.24) is 20.2 Å². The summed E-state index contributed by atoms with van der Waals surface area (Å²) >= 11 is 1.51. The topological polar surface area (TPSA) is 104 Å². The van der Waals surface area contributed by atoms with E-state index < -0.39 is 0 Å². The van der Waals surface area contributed by atoms with Crippen LogP contribution in [0.5, 0.6) is 0 Å². The molecule has 37 heavy (non-hydrogen) atoms. The molecule has 3 N–H and O–H groups in total. The summed E-state index contributed by atoms with van der Waals surface area (Å²) in [5, 5.41) is 12.7. The SMILES string of the molecule is CCC(=O)Nc1cncc(-c2ccc3[nH]nc(-c4cc5c(-c6ccc(C(C)=O)s6)cccc5[nH]4)c3c2)c1. The van der Waals surface area contributed by atoms with Crippen molar-refractivity contribution in [2.45, 2.75) is 20.3 Å². The molecule has 0 bridgehead atoms. The van der Waals surface area contributed by atoms with Crippen molar-refractivity contribution in [2.24, 2.45) is 0 Å². The van der Waals surface area contributed by atoms with Gasteiger partial charge in [-0.1, -0.05) is 25.1 Å². The average molecular weight is 506 g/mol. The lowest BCUT2D eigenvalue weighted by molar-refractivity contribution is -0.115. The summed E-state index contributed by atoms with van der Waals surface area (Å²) in [7, 11) is 0. The van der Waals surface area contributed by atoms with Crippen LogP contribution in [0, 0.1) is 0 Å². The molecule has 8 heteroatoms. The van der Waals surface area contributed by atoms with E-state index in [0.717, 1.165) is 59.6 Å². The number of amides is 1. The van der Waals surface area contributed by atoms with Crippen LogP contribution in [0.25, 0.3) is 54.8 Å². The fourth-order valence-corrected chi connectivity index (χ4v) is 5.42. The molecule has 4 heterocycles. The predicted molar refractivity (Wildman–Crippen MR) is 149 cm³/mol. The van der Waals surface area contributed by atoms with Gasteiger partial charge in [0, 0.05) is 44.9 Å². The van der Waals surface area contributed by atoms with E-state index in [4.69, 9.17) is 0 Å². The van der Waals surface area contributed by atoms with Gasteiger partial charge in [0.15, 0.2) is 5.78 Å². The maximum Gasteiger partial charge on any atom is 0.224 e. The zero-order chi connectivity index (χ0) is 25.5. The summed E-state index contributed by atoms with van der Waals surface area (Å²) in [6.45, 7) is 3.41. The first-order valence-corrected chi connectivity index (χ1v) is 12.8. The lowest BCUT2D eigenvalue weighted by atomic mass is 10.0. The number of fused-ring (bicyclic) bond motifs is 2. The largest absolute Gasteiger partial charge is 0.353 e. The Labute approximate surface area is 216 Å². The smallest absolute Gasteiger partial charge is 0.224 e. The van der Waals surface area contributed by atoms with Crippen molar-refractivity contribution < 1.29 is 9.59 Å². The Kier molecular flexibility index (Phi) is 5.65. The number of hydrogen-bond acceptors (Lipinski definition) is 5. The molecular weight excluding hydrogens is 482 g/mol. The van der Waals surface area contributed by atoms with Gasteiger partial charge >= 0.3 is 0 Å². The quantitative estimate of drug-likeness (QED) is 0.211. The molecule has 4 aromatic heterocycles. The summed E-state index contributed by atoms with van der Waals surface area (Å²) in [6.07, 6.45) is 3.84. The van der Waals surface area contributed by atoms with Crippen LogP contribution >= 0.6 is 11.3 Å². The molecule has 7 nitrogen and oxygen atoms in total. The van der Waals surface area contributed by atoms with Crippen molar-refractivity contribution in [3.8, 4) is 33.0 Å². The lowest BCUT2D eigenvalue weighted by Crippen LogP contribution is -2.09. The molecule has 6 aromatic rings. The minimum atomic E-state index is -0.0511. The Balaban J connectivity index is 1.42. The van der Waals surface area contributed by atoms with Crippen LogP contribution in [0.4, 0.5) is 5.69 Å². The molecule has 0 aliphatic rings. The minimum absolute atomic E-state index is 0.0511. The number of rotatable bonds is 6. The van der Waals surface area contributed by atoms with Gasteiger partial charge in [-0.3, -0.25) is 19.7 Å². The summed E-state index contributed by atoms with van der Waals surface area (Å²) < 4.78 is 0. The Morgan fingerprint density at radius 1 is 0.946 bits per heavy atom. The number of carbonyl (C=O) groups is 2. The zero-order valence-electron chi connectivity index (χ0n) is 20.3. The number of aromatic nitrogens is 4. The third-order valence-corrected chi connectivity index (χ3v) is 7.60. The standard InChI is InChI=1S/C29H23N5O2S/c1-3-28(36)31-19-11-18(14-30-15-19)17-7-8-24-22(12-17)29(34-33-24)25-13-21-20(5-4-6-23(21)32-25)27-10-9-26(37-27)16(2)35/h4-15,32H,3H2,1-2H3,(H,31,36)(H,33,34). The number of pyridine rings is 1. The van der Waals surface area contributed by atoms with E-state index in [1.165, 1.54) is 11.3 Å². The summed E-state index contributed by atoms with van der Waals surface area (Å²) in [5.74, 6) is 0.0234. The Hall–Kier alpha value is -4.56. The highest BCUT2D eigenvalue weighted by Gasteiger charge is 2.16. The molecular formula is C29H23N5O2S. The van der Waals surface area contributed by atoms with Crippen LogP contribution < -0.4 is 5.32 Å². The van der Waals surface area contributed by atoms with Gasteiger partial charge < -0.3 is 10.3 Å². The molecule has 0 aliphatic carbocycles. The van der Waals surface area contributed by atoms with Crippen LogP contribution in [-0.4, -0.2) is 31.9 Å². The van der Waals surface area contributed by atoms with Gasteiger partial charge in [0.2, 0.25) is 5.91 Å². The fraction of sp³-hybridized carbons (Fsp3) is 0.103. The predicted octanol–water partition coefficient (Wildman–Crippen LogP) is 7.05. The molecule has 1 amide bonds. The van der Waals surface area contributed by atoms with Crippen LogP contribution in [0.2, 0.25) is 0 Å². The van der Waals surface area contributed by atoms with E-state index in [-0.39, 0.29) is 11.7 Å². The van der Waals surface area contributed by atoms with Crippen LogP contribution in [0.3, 0.4) is 0 Å². The van der Waals surface area contributed by atoms with E-state index in [0.29, 0.717) is 12.1 Å². The highest BCUT2D eigenvalue weighted by molar-refractivity contribution is 7.17. The highest BCUT2D eigenvalue weighted by atomic mass is 32.1. The second-order valence-electron chi connectivity index (χ2n) is 8.87. The average Bonchev–Trinajstić information content (AvgIpc) is 3.66. The van der Waals surface area contributed by atoms with Gasteiger partial charge in [0.1, 0.15) is 5.69 Å². The van der Waals surface area contributed by atoms with Gasteiger partial charge in [-0.25, -0.2) is 0 Å². The van der Waals surface area contributed by atoms with E-state index >= 15 is 0 Å². The fourth-order valence-electron chi connectivity index (χ4n) is 4.48. The Bertz CT molecular complexity index is 1810. The molecule has 0 aliphatic heterocycles. The second-order valence-corrected chi connectivity index (χ2v) is 9.95. The Morgan fingerprint density at radius 3 is 2.65 bits per heavy atom. The molecule has 0 saturated heterocycles. The molecule has 0 radical (unpaired) electrons. The van der Waals surface area contributed by atoms with Gasteiger partial charge in [0.25, 0.3) is 0 Å². The summed E-state index contributed by atoms with van der Waals surface area (Å²) in [5.41, 5.74) is 7.26. The molecule has 0 fully saturated rings. The minimum Gasteiger partial charge on any atom is -0.353 e. The number of ketones is 1. The first-order valence-electron chi connectivity index (χ1n) is 12.0. The second kappa shape index (κ2) is 9.15. The molecule has 0 atom stereocenters. The van der Waals surface area contributed by atoms with Crippen LogP contribution in [0.1, 0.15) is 29.9 Å². The number of aromatic amines is 2. The normalized spacial score (nSPS) is 11.3. The summed E-state index contributed by atoms with van der Waals surface area (Å²) in [6, 6.07) is 20.2. The maximum atomic E-state index is 11.8. The molecule has 6 rings (SSSR count). The number of thiophene rings is 1. The first kappa shape index (κ1) is 22.9. The molecule has 182 valence electrons. The molecule has 0 unspecified atom stereocenters. The van der Waals surface area contributed by atoms with E-state index in [1.807, 2.05) is 49.4 Å². The number of H-pyrrole nitrogens is 2. The van der Waals surface area contributed by atoms with Crippen molar-refractivity contribution in [3.05, 3.63) is 77.9 Å². The zero-order valence-corrected chi connectivity index (χ0v) is 21.1. The monoisotopic (exact) mass is 505 g/mol. The number of benzene rings is 2. The first-order chi connectivity index (χ1) is 18.0. The maximum absolute atomic E-state index is 11.8. The van der Waals surface area contributed by atoms with Gasteiger partial charge in [-0.2, -0.15) is 5.10 Å². The van der Waals surface area contributed by atoms with E-state index in [2.05, 4.69) is 43.7 Å². The lowest BCUT2D eigenvalue weighted by Gasteiger charge is -2.06. The van der Waals surface area contributed by atoms with Crippen LogP contribution in [-0.2, 0) is 4.79 Å². The third-order valence-electron chi connectivity index (χ3n) is 6.38. The van der Waals surface area contributed by atoms with Crippen molar-refractivity contribution in [1.29, 1.82) is 0 Å². The van der Waals surface area contributed by atoms with Gasteiger partial charge in [-0.05, 0) is 55.0 Å². The van der Waals surface area contributed by atoms with Gasteiger partial charge in [-0.15, -0.1) is 11.3 Å². The van der Waals surface area contributed by atoms with E-state index in [1.54, 1.807) is 19.3 Å².